The molecule has 2 aromatic carbocycles. The second-order valence-electron chi connectivity index (χ2n) is 7.08. The van der Waals surface area contributed by atoms with E-state index in [0.717, 1.165) is 36.1 Å². The molecular weight excluding hydrogens is 382 g/mol. The van der Waals surface area contributed by atoms with Gasteiger partial charge in [0.1, 0.15) is 0 Å². The predicted octanol–water partition coefficient (Wildman–Crippen LogP) is 4.13. The van der Waals surface area contributed by atoms with Crippen LogP contribution in [0.1, 0.15) is 5.56 Å². The molecular formula is C22H25N5OS. The molecule has 0 radical (unpaired) electrons. The van der Waals surface area contributed by atoms with Gasteiger partial charge in [0, 0.05) is 51.3 Å². The fourth-order valence-corrected chi connectivity index (χ4v) is 4.22. The maximum absolute atomic E-state index is 12.9. The number of piperazine rings is 1. The molecule has 6 nitrogen and oxygen atoms in total. The van der Waals surface area contributed by atoms with Crippen LogP contribution in [0.2, 0.25) is 0 Å². The predicted molar refractivity (Wildman–Crippen MR) is 120 cm³/mol. The van der Waals surface area contributed by atoms with Crippen LogP contribution in [-0.4, -0.2) is 49.1 Å². The quantitative estimate of drug-likeness (QED) is 0.691. The largest absolute Gasteiger partial charge is 0.369 e. The van der Waals surface area contributed by atoms with E-state index < -0.39 is 0 Å². The Kier molecular flexibility index (Phi) is 5.95. The molecule has 1 N–H and O–H groups in total. The molecule has 0 atom stereocenters. The third kappa shape index (κ3) is 4.68. The number of amides is 2. The molecule has 0 spiro atoms. The number of hydrogen-bond donors (Lipinski definition) is 1. The van der Waals surface area contributed by atoms with Crippen molar-refractivity contribution in [2.75, 3.05) is 48.3 Å². The molecule has 7 heteroatoms. The summed E-state index contributed by atoms with van der Waals surface area (Å²) < 4.78 is 0. The van der Waals surface area contributed by atoms with E-state index in [1.807, 2.05) is 66.0 Å². The maximum Gasteiger partial charge on any atom is 0.322 e. The van der Waals surface area contributed by atoms with Crippen LogP contribution in [0.25, 0.3) is 0 Å². The van der Waals surface area contributed by atoms with Gasteiger partial charge in [-0.1, -0.05) is 42.5 Å². The van der Waals surface area contributed by atoms with Gasteiger partial charge in [-0.2, -0.15) is 0 Å². The summed E-state index contributed by atoms with van der Waals surface area (Å²) in [6.45, 7) is 3.76. The van der Waals surface area contributed by atoms with Gasteiger partial charge in [0.2, 0.25) is 0 Å². The van der Waals surface area contributed by atoms with Crippen LogP contribution in [0.5, 0.6) is 0 Å². The van der Waals surface area contributed by atoms with Gasteiger partial charge < -0.3 is 20.0 Å². The van der Waals surface area contributed by atoms with Crippen molar-refractivity contribution in [1.29, 1.82) is 0 Å². The number of carbonyl (C=O) groups excluding carboxylic acids is 1. The number of hydrogen-bond acceptors (Lipinski definition) is 5. The fourth-order valence-electron chi connectivity index (χ4n) is 3.52. The highest BCUT2D eigenvalue weighted by atomic mass is 32.1. The minimum absolute atomic E-state index is 0.0515. The third-order valence-corrected chi connectivity index (χ3v) is 5.91. The van der Waals surface area contributed by atoms with Crippen LogP contribution < -0.4 is 15.1 Å². The highest BCUT2D eigenvalue weighted by Crippen LogP contribution is 2.26. The van der Waals surface area contributed by atoms with Crippen LogP contribution in [0, 0.1) is 0 Å². The topological polar surface area (TPSA) is 51.7 Å². The molecule has 1 aromatic heterocycles. The summed E-state index contributed by atoms with van der Waals surface area (Å²) in [6.07, 6.45) is 1.82. The van der Waals surface area contributed by atoms with E-state index in [-0.39, 0.29) is 6.03 Å². The molecule has 0 aliphatic carbocycles. The van der Waals surface area contributed by atoms with Crippen molar-refractivity contribution in [1.82, 2.24) is 9.88 Å². The molecule has 2 amide bonds. The summed E-state index contributed by atoms with van der Waals surface area (Å²) >= 11 is 1.64. The van der Waals surface area contributed by atoms with Gasteiger partial charge in [-0.25, -0.2) is 9.78 Å². The molecule has 1 aliphatic heterocycles. The summed E-state index contributed by atoms with van der Waals surface area (Å²) in [4.78, 5) is 23.5. The minimum atomic E-state index is -0.0515. The van der Waals surface area contributed by atoms with E-state index in [1.165, 1.54) is 5.56 Å². The van der Waals surface area contributed by atoms with Gasteiger partial charge in [-0.05, 0) is 17.7 Å². The minimum Gasteiger partial charge on any atom is -0.369 e. The highest BCUT2D eigenvalue weighted by Gasteiger charge is 2.23. The Hall–Kier alpha value is -3.06. The first-order valence-corrected chi connectivity index (χ1v) is 10.6. The van der Waals surface area contributed by atoms with Crippen LogP contribution in [0.3, 0.4) is 0 Å². The van der Waals surface area contributed by atoms with Crippen molar-refractivity contribution in [2.45, 2.75) is 6.54 Å². The number of para-hydroxylation sites is 2. The van der Waals surface area contributed by atoms with Crippen molar-refractivity contribution in [2.24, 2.45) is 0 Å². The standard InChI is InChI=1S/C22H25N5OS/c1-25(17-18-7-3-2-4-8-18)20-10-6-5-9-19(20)24-21(28)26-12-14-27(15-13-26)22-23-11-16-29-22/h2-11,16H,12-15,17H2,1H3,(H,24,28). The van der Waals surface area contributed by atoms with E-state index in [1.54, 1.807) is 11.3 Å². The molecule has 4 rings (SSSR count). The number of nitrogens with zero attached hydrogens (tertiary/aromatic N) is 4. The maximum atomic E-state index is 12.9. The van der Waals surface area contributed by atoms with Crippen LogP contribution >= 0.6 is 11.3 Å². The van der Waals surface area contributed by atoms with Crippen LogP contribution in [0.4, 0.5) is 21.3 Å². The Morgan fingerprint density at radius 1 is 1.07 bits per heavy atom. The third-order valence-electron chi connectivity index (χ3n) is 5.08. The van der Waals surface area contributed by atoms with E-state index >= 15 is 0 Å². The lowest BCUT2D eigenvalue weighted by Gasteiger charge is -2.34. The fraction of sp³-hybridized carbons (Fsp3) is 0.273. The first-order valence-electron chi connectivity index (χ1n) is 9.75. The Balaban J connectivity index is 1.39. The number of thiazole rings is 1. The molecule has 29 heavy (non-hydrogen) atoms. The zero-order valence-electron chi connectivity index (χ0n) is 16.5. The number of nitrogens with one attached hydrogen (secondary N) is 1. The van der Waals surface area contributed by atoms with Crippen LogP contribution in [0.15, 0.2) is 66.2 Å². The Bertz CT molecular complexity index is 923. The lowest BCUT2D eigenvalue weighted by atomic mass is 10.2. The molecule has 2 heterocycles. The smallest absolute Gasteiger partial charge is 0.322 e. The summed E-state index contributed by atoms with van der Waals surface area (Å²) in [7, 11) is 2.05. The molecule has 0 bridgehead atoms. The number of urea groups is 1. The van der Waals surface area contributed by atoms with Gasteiger partial charge >= 0.3 is 6.03 Å². The second kappa shape index (κ2) is 8.96. The van der Waals surface area contributed by atoms with Crippen molar-refractivity contribution in [3.05, 3.63) is 71.7 Å². The monoisotopic (exact) mass is 407 g/mol. The average molecular weight is 408 g/mol. The first-order chi connectivity index (χ1) is 14.2. The van der Waals surface area contributed by atoms with Crippen molar-refractivity contribution >= 4 is 33.9 Å². The lowest BCUT2D eigenvalue weighted by Crippen LogP contribution is -2.50. The van der Waals surface area contributed by atoms with E-state index in [9.17, 15) is 4.79 Å². The molecule has 1 fully saturated rings. The van der Waals surface area contributed by atoms with Crippen molar-refractivity contribution in [3.8, 4) is 0 Å². The lowest BCUT2D eigenvalue weighted by molar-refractivity contribution is 0.208. The number of carbonyl (C=O) groups is 1. The van der Waals surface area contributed by atoms with E-state index in [0.29, 0.717) is 13.1 Å². The highest BCUT2D eigenvalue weighted by molar-refractivity contribution is 7.13. The first kappa shape index (κ1) is 19.3. The summed E-state index contributed by atoms with van der Waals surface area (Å²) in [5.41, 5.74) is 3.07. The zero-order chi connectivity index (χ0) is 20.1. The summed E-state index contributed by atoms with van der Waals surface area (Å²) in [6, 6.07) is 18.2. The van der Waals surface area contributed by atoms with Gasteiger partial charge in [0.15, 0.2) is 5.13 Å². The average Bonchev–Trinajstić information content (AvgIpc) is 3.30. The summed E-state index contributed by atoms with van der Waals surface area (Å²) in [5, 5.41) is 6.12. The van der Waals surface area contributed by atoms with Crippen molar-refractivity contribution < 1.29 is 4.79 Å². The van der Waals surface area contributed by atoms with E-state index in [2.05, 4.69) is 32.2 Å². The molecule has 1 saturated heterocycles. The molecule has 3 aromatic rings. The Morgan fingerprint density at radius 3 is 2.52 bits per heavy atom. The van der Waals surface area contributed by atoms with Gasteiger partial charge in [0.25, 0.3) is 0 Å². The van der Waals surface area contributed by atoms with Gasteiger partial charge in [-0.15, -0.1) is 11.3 Å². The van der Waals surface area contributed by atoms with E-state index in [4.69, 9.17) is 0 Å². The Labute approximate surface area is 175 Å². The SMILES string of the molecule is CN(Cc1ccccc1)c1ccccc1NC(=O)N1CCN(c2nccs2)CC1. The molecule has 0 unspecified atom stereocenters. The summed E-state index contributed by atoms with van der Waals surface area (Å²) in [5.74, 6) is 0. The molecule has 0 saturated carbocycles. The molecule has 1 aliphatic rings. The number of anilines is 3. The number of rotatable bonds is 5. The second-order valence-corrected chi connectivity index (χ2v) is 7.95. The van der Waals surface area contributed by atoms with Gasteiger partial charge in [0.05, 0.1) is 11.4 Å². The zero-order valence-corrected chi connectivity index (χ0v) is 17.3. The van der Waals surface area contributed by atoms with Gasteiger partial charge in [-0.3, -0.25) is 0 Å². The Morgan fingerprint density at radius 2 is 1.79 bits per heavy atom. The van der Waals surface area contributed by atoms with Crippen molar-refractivity contribution in [3.63, 3.8) is 0 Å². The number of aromatic nitrogens is 1. The normalized spacial score (nSPS) is 14.0. The number of benzene rings is 2. The van der Waals surface area contributed by atoms with Crippen LogP contribution in [-0.2, 0) is 6.54 Å². The molecule has 150 valence electrons.